The van der Waals surface area contributed by atoms with Gasteiger partial charge in [-0.25, -0.2) is 9.59 Å². The van der Waals surface area contributed by atoms with Crippen LogP contribution in [0.1, 0.15) is 26.7 Å². The zero-order chi connectivity index (χ0) is 14.0. The highest BCUT2D eigenvalue weighted by molar-refractivity contribution is 5.94. The predicted octanol–water partition coefficient (Wildman–Crippen LogP) is 2.16. The number of allylic oxidation sites excluding steroid dienone is 1. The number of hydrogen-bond donors (Lipinski definition) is 1. The number of ether oxygens (including phenoxy) is 1. The van der Waals surface area contributed by atoms with Crippen molar-refractivity contribution < 1.29 is 19.4 Å². The summed E-state index contributed by atoms with van der Waals surface area (Å²) in [6, 6.07) is 0. The van der Waals surface area contributed by atoms with E-state index in [0.29, 0.717) is 11.1 Å². The average Bonchev–Trinajstić information content (AvgIpc) is 2.72. The summed E-state index contributed by atoms with van der Waals surface area (Å²) < 4.78 is 5.11. The Kier molecular flexibility index (Phi) is 2.29. The van der Waals surface area contributed by atoms with Gasteiger partial charge in [0.15, 0.2) is 0 Å². The molecule has 4 nitrogen and oxygen atoms in total. The van der Waals surface area contributed by atoms with Crippen LogP contribution in [0.5, 0.6) is 0 Å². The third-order valence-electron chi connectivity index (χ3n) is 5.02. The van der Waals surface area contributed by atoms with Gasteiger partial charge in [0.2, 0.25) is 0 Å². The molecule has 0 radical (unpaired) electrons. The average molecular weight is 262 g/mol. The zero-order valence-corrected chi connectivity index (χ0v) is 11.2. The molecule has 1 spiro atoms. The minimum atomic E-state index is -0.901. The second-order valence-corrected chi connectivity index (χ2v) is 6.75. The molecule has 1 N–H and O–H groups in total. The summed E-state index contributed by atoms with van der Waals surface area (Å²) >= 11 is 0. The molecule has 1 saturated carbocycles. The molecule has 1 saturated heterocycles. The normalized spacial score (nSPS) is 39.4. The number of carbonyl (C=O) groups is 2. The molecule has 0 unspecified atom stereocenters. The highest BCUT2D eigenvalue weighted by Gasteiger charge is 2.63. The minimum Gasteiger partial charge on any atom is -0.478 e. The number of hydrogen-bond acceptors (Lipinski definition) is 3. The molecule has 1 heterocycles. The Labute approximate surface area is 112 Å². The first-order valence-electron chi connectivity index (χ1n) is 6.59. The molecule has 3 atom stereocenters. The second kappa shape index (κ2) is 3.50. The van der Waals surface area contributed by atoms with Crippen LogP contribution in [0.15, 0.2) is 23.8 Å². The van der Waals surface area contributed by atoms with Gasteiger partial charge in [0, 0.05) is 22.5 Å². The maximum absolute atomic E-state index is 11.9. The molecule has 0 aromatic heterocycles. The monoisotopic (exact) mass is 262 g/mol. The Morgan fingerprint density at radius 2 is 2.21 bits per heavy atom. The van der Waals surface area contributed by atoms with Crippen LogP contribution in [-0.4, -0.2) is 23.7 Å². The molecule has 2 fully saturated rings. The van der Waals surface area contributed by atoms with E-state index in [-0.39, 0.29) is 29.8 Å². The van der Waals surface area contributed by atoms with E-state index in [1.54, 1.807) is 0 Å². The molecule has 4 heteroatoms. The van der Waals surface area contributed by atoms with E-state index >= 15 is 0 Å². The fourth-order valence-corrected chi connectivity index (χ4v) is 4.41. The summed E-state index contributed by atoms with van der Waals surface area (Å²) in [7, 11) is 0. The fourth-order valence-electron chi connectivity index (χ4n) is 4.41. The van der Waals surface area contributed by atoms with Crippen molar-refractivity contribution in [3.63, 3.8) is 0 Å². The molecule has 0 bridgehead atoms. The van der Waals surface area contributed by atoms with Crippen molar-refractivity contribution in [2.75, 3.05) is 6.61 Å². The number of aliphatic carboxylic acids is 1. The Bertz CT molecular complexity index is 528. The molecule has 3 rings (SSSR count). The largest absolute Gasteiger partial charge is 0.478 e. The molecule has 102 valence electrons. The van der Waals surface area contributed by atoms with E-state index < -0.39 is 11.4 Å². The summed E-state index contributed by atoms with van der Waals surface area (Å²) in [5.74, 6) is -1.40. The lowest BCUT2D eigenvalue weighted by Gasteiger charge is -2.41. The summed E-state index contributed by atoms with van der Waals surface area (Å²) in [4.78, 5) is 23.3. The summed E-state index contributed by atoms with van der Waals surface area (Å²) in [6.07, 6.45) is 3.54. The van der Waals surface area contributed by atoms with Crippen LogP contribution in [0.3, 0.4) is 0 Å². The number of carbonyl (C=O) groups excluding carboxylic acids is 1. The first-order valence-corrected chi connectivity index (χ1v) is 6.59. The van der Waals surface area contributed by atoms with Gasteiger partial charge in [-0.15, -0.1) is 0 Å². The van der Waals surface area contributed by atoms with Crippen LogP contribution < -0.4 is 0 Å². The number of cyclic esters (lactones) is 1. The molecule has 0 aromatic rings. The quantitative estimate of drug-likeness (QED) is 0.581. The van der Waals surface area contributed by atoms with Crippen LogP contribution >= 0.6 is 0 Å². The number of carboxylic acid groups (broad SMARTS) is 1. The highest BCUT2D eigenvalue weighted by Crippen LogP contribution is 2.66. The van der Waals surface area contributed by atoms with Gasteiger partial charge >= 0.3 is 11.9 Å². The first kappa shape index (κ1) is 12.5. The minimum absolute atomic E-state index is 0.0962. The van der Waals surface area contributed by atoms with Gasteiger partial charge in [-0.3, -0.25) is 0 Å². The van der Waals surface area contributed by atoms with Crippen molar-refractivity contribution in [3.8, 4) is 0 Å². The number of carboxylic acids is 1. The summed E-state index contributed by atoms with van der Waals surface area (Å²) in [5, 5.41) is 9.35. The van der Waals surface area contributed by atoms with Gasteiger partial charge in [-0.2, -0.15) is 0 Å². The lowest BCUT2D eigenvalue weighted by Crippen LogP contribution is -2.44. The maximum Gasteiger partial charge on any atom is 0.334 e. The van der Waals surface area contributed by atoms with Crippen LogP contribution in [0.2, 0.25) is 0 Å². The predicted molar refractivity (Wildman–Crippen MR) is 68.2 cm³/mol. The molecular weight excluding hydrogens is 244 g/mol. The Morgan fingerprint density at radius 3 is 2.84 bits per heavy atom. The van der Waals surface area contributed by atoms with Gasteiger partial charge < -0.3 is 9.84 Å². The lowest BCUT2D eigenvalue weighted by atomic mass is 9.64. The standard InChI is InChI=1S/C15H18O4/c1-8-13(18)19-6-11-10(12(16)17)4-9-5-14(2,3)7-15(8,9)11/h4,9,11H,1,5-7H2,2-3H3,(H,16,17)/t9-,11-,15+/m0/s1. The molecule has 19 heavy (non-hydrogen) atoms. The van der Waals surface area contributed by atoms with Crippen molar-refractivity contribution in [3.05, 3.63) is 23.8 Å². The Hall–Kier alpha value is -1.58. The topological polar surface area (TPSA) is 63.6 Å². The molecular formula is C15H18O4. The van der Waals surface area contributed by atoms with Crippen LogP contribution in [0.25, 0.3) is 0 Å². The molecule has 2 aliphatic carbocycles. The van der Waals surface area contributed by atoms with E-state index in [0.717, 1.165) is 12.8 Å². The van der Waals surface area contributed by atoms with Gasteiger partial charge in [0.25, 0.3) is 0 Å². The third kappa shape index (κ3) is 1.46. The van der Waals surface area contributed by atoms with Gasteiger partial charge in [-0.05, 0) is 24.2 Å². The van der Waals surface area contributed by atoms with Gasteiger partial charge in [0.1, 0.15) is 0 Å². The van der Waals surface area contributed by atoms with E-state index in [1.165, 1.54) is 0 Å². The summed E-state index contributed by atoms with van der Waals surface area (Å²) in [5.41, 5.74) is 0.539. The van der Waals surface area contributed by atoms with Gasteiger partial charge in [-0.1, -0.05) is 26.5 Å². The Morgan fingerprint density at radius 1 is 1.53 bits per heavy atom. The highest BCUT2D eigenvalue weighted by atomic mass is 16.5. The van der Waals surface area contributed by atoms with E-state index in [2.05, 4.69) is 20.4 Å². The molecule has 0 aromatic carbocycles. The van der Waals surface area contributed by atoms with Crippen molar-refractivity contribution >= 4 is 11.9 Å². The fraction of sp³-hybridized carbons (Fsp3) is 0.600. The van der Waals surface area contributed by atoms with Crippen LogP contribution in [0.4, 0.5) is 0 Å². The van der Waals surface area contributed by atoms with Crippen LogP contribution in [0, 0.1) is 22.7 Å². The summed E-state index contributed by atoms with van der Waals surface area (Å²) in [6.45, 7) is 8.43. The van der Waals surface area contributed by atoms with E-state index in [1.807, 2.05) is 6.08 Å². The first-order chi connectivity index (χ1) is 8.78. The Balaban J connectivity index is 2.12. The van der Waals surface area contributed by atoms with E-state index in [9.17, 15) is 14.7 Å². The van der Waals surface area contributed by atoms with Crippen molar-refractivity contribution in [1.82, 2.24) is 0 Å². The van der Waals surface area contributed by atoms with Crippen molar-refractivity contribution in [2.24, 2.45) is 22.7 Å². The SMILES string of the molecule is C=C1C(=O)OC[C@H]2C(C(=O)O)=C[C@H]3CC(C)(C)C[C@@]132. The molecule has 3 aliphatic rings. The smallest absolute Gasteiger partial charge is 0.334 e. The maximum atomic E-state index is 11.9. The number of rotatable bonds is 1. The second-order valence-electron chi connectivity index (χ2n) is 6.75. The lowest BCUT2D eigenvalue weighted by molar-refractivity contribution is -0.150. The third-order valence-corrected chi connectivity index (χ3v) is 5.02. The number of esters is 1. The van der Waals surface area contributed by atoms with Crippen molar-refractivity contribution in [2.45, 2.75) is 26.7 Å². The van der Waals surface area contributed by atoms with Gasteiger partial charge in [0.05, 0.1) is 6.61 Å². The van der Waals surface area contributed by atoms with Crippen molar-refractivity contribution in [1.29, 1.82) is 0 Å². The molecule has 1 aliphatic heterocycles. The van der Waals surface area contributed by atoms with E-state index in [4.69, 9.17) is 4.74 Å². The van der Waals surface area contributed by atoms with Crippen LogP contribution in [-0.2, 0) is 14.3 Å². The molecule has 0 amide bonds. The zero-order valence-electron chi connectivity index (χ0n) is 11.2.